The van der Waals surface area contributed by atoms with Crippen molar-refractivity contribution in [2.75, 3.05) is 39.9 Å². The van der Waals surface area contributed by atoms with Crippen molar-refractivity contribution >= 4 is 0 Å². The minimum Gasteiger partial charge on any atom is -0.383 e. The Balaban J connectivity index is 2.53. The normalized spacial score (nSPS) is 21.8. The molecule has 3 nitrogen and oxygen atoms in total. The van der Waals surface area contributed by atoms with E-state index in [9.17, 15) is 0 Å². The summed E-state index contributed by atoms with van der Waals surface area (Å²) in [5, 5.41) is 3.54. The van der Waals surface area contributed by atoms with E-state index in [-0.39, 0.29) is 0 Å². The van der Waals surface area contributed by atoms with Crippen LogP contribution >= 0.6 is 0 Å². The van der Waals surface area contributed by atoms with Gasteiger partial charge < -0.3 is 10.1 Å². The van der Waals surface area contributed by atoms with Crippen molar-refractivity contribution in [3.63, 3.8) is 0 Å². The molecule has 1 saturated heterocycles. The van der Waals surface area contributed by atoms with Crippen molar-refractivity contribution in [1.82, 2.24) is 10.2 Å². The lowest BCUT2D eigenvalue weighted by Crippen LogP contribution is -2.47. The third-order valence-electron chi connectivity index (χ3n) is 4.33. The first kappa shape index (κ1) is 15.9. The zero-order valence-electron chi connectivity index (χ0n) is 13.0. The molecule has 0 aromatic carbocycles. The highest BCUT2D eigenvalue weighted by atomic mass is 16.5. The van der Waals surface area contributed by atoms with Crippen LogP contribution in [0.2, 0.25) is 0 Å². The molecular formula is C15H32N2O. The van der Waals surface area contributed by atoms with Gasteiger partial charge in [-0.2, -0.15) is 0 Å². The standard InChI is InChI=1S/C15H32N2O/c1-13(2)17(9-10-18-5)12-15(3,4)14-7-6-8-16-11-14/h13-14,16H,6-12H2,1-5H3. The zero-order valence-corrected chi connectivity index (χ0v) is 13.0. The summed E-state index contributed by atoms with van der Waals surface area (Å²) in [6.45, 7) is 14.8. The van der Waals surface area contributed by atoms with Gasteiger partial charge in [-0.15, -0.1) is 0 Å². The topological polar surface area (TPSA) is 24.5 Å². The second-order valence-corrected chi connectivity index (χ2v) is 6.59. The average Bonchev–Trinajstić information content (AvgIpc) is 2.35. The van der Waals surface area contributed by atoms with Gasteiger partial charge in [0.1, 0.15) is 0 Å². The van der Waals surface area contributed by atoms with Gasteiger partial charge in [-0.3, -0.25) is 4.90 Å². The van der Waals surface area contributed by atoms with Crippen LogP contribution in [0.1, 0.15) is 40.5 Å². The van der Waals surface area contributed by atoms with Crippen LogP contribution in [0.5, 0.6) is 0 Å². The van der Waals surface area contributed by atoms with Crippen LogP contribution in [0, 0.1) is 11.3 Å². The highest BCUT2D eigenvalue weighted by molar-refractivity contribution is 4.86. The van der Waals surface area contributed by atoms with Crippen LogP contribution < -0.4 is 5.32 Å². The number of nitrogens with one attached hydrogen (secondary N) is 1. The van der Waals surface area contributed by atoms with Crippen LogP contribution in [-0.4, -0.2) is 50.8 Å². The molecule has 0 aromatic heterocycles. The molecule has 1 rings (SSSR count). The van der Waals surface area contributed by atoms with E-state index < -0.39 is 0 Å². The van der Waals surface area contributed by atoms with Crippen LogP contribution in [0.25, 0.3) is 0 Å². The molecule has 1 N–H and O–H groups in total. The van der Waals surface area contributed by atoms with E-state index in [1.807, 2.05) is 0 Å². The fourth-order valence-corrected chi connectivity index (χ4v) is 2.90. The molecule has 0 radical (unpaired) electrons. The Morgan fingerprint density at radius 2 is 2.11 bits per heavy atom. The Hall–Kier alpha value is -0.120. The lowest BCUT2D eigenvalue weighted by molar-refractivity contribution is 0.0613. The van der Waals surface area contributed by atoms with Gasteiger partial charge in [-0.05, 0) is 51.1 Å². The Bertz CT molecular complexity index is 223. The van der Waals surface area contributed by atoms with Gasteiger partial charge in [0.2, 0.25) is 0 Å². The van der Waals surface area contributed by atoms with E-state index in [4.69, 9.17) is 4.74 Å². The van der Waals surface area contributed by atoms with Crippen molar-refractivity contribution in [3.05, 3.63) is 0 Å². The van der Waals surface area contributed by atoms with E-state index in [2.05, 4.69) is 37.9 Å². The Morgan fingerprint density at radius 3 is 2.61 bits per heavy atom. The molecule has 1 aliphatic heterocycles. The number of rotatable bonds is 7. The molecule has 1 heterocycles. The molecule has 3 heteroatoms. The maximum absolute atomic E-state index is 5.23. The molecule has 0 amide bonds. The van der Waals surface area contributed by atoms with Crippen LogP contribution in [0.4, 0.5) is 0 Å². The number of nitrogens with zero attached hydrogens (tertiary/aromatic N) is 1. The second-order valence-electron chi connectivity index (χ2n) is 6.59. The molecule has 1 aliphatic rings. The first-order chi connectivity index (χ1) is 8.47. The van der Waals surface area contributed by atoms with Gasteiger partial charge >= 0.3 is 0 Å². The Kier molecular flexibility index (Phi) is 6.61. The summed E-state index contributed by atoms with van der Waals surface area (Å²) >= 11 is 0. The summed E-state index contributed by atoms with van der Waals surface area (Å²) in [7, 11) is 1.79. The number of piperidine rings is 1. The van der Waals surface area contributed by atoms with Crippen molar-refractivity contribution in [3.8, 4) is 0 Å². The first-order valence-electron chi connectivity index (χ1n) is 7.41. The van der Waals surface area contributed by atoms with E-state index in [0.29, 0.717) is 11.5 Å². The van der Waals surface area contributed by atoms with E-state index in [1.165, 1.54) is 32.5 Å². The molecule has 0 saturated carbocycles. The van der Waals surface area contributed by atoms with Gasteiger partial charge in [-0.1, -0.05) is 13.8 Å². The van der Waals surface area contributed by atoms with Gasteiger partial charge in [0, 0.05) is 26.2 Å². The first-order valence-corrected chi connectivity index (χ1v) is 7.41. The molecule has 0 aromatic rings. The quantitative estimate of drug-likeness (QED) is 0.757. The summed E-state index contributed by atoms with van der Waals surface area (Å²) in [6, 6.07) is 0.593. The third kappa shape index (κ3) is 4.87. The maximum Gasteiger partial charge on any atom is 0.0589 e. The summed E-state index contributed by atoms with van der Waals surface area (Å²) in [5.74, 6) is 0.801. The molecule has 0 aliphatic carbocycles. The molecule has 0 spiro atoms. The summed E-state index contributed by atoms with van der Waals surface area (Å²) in [6.07, 6.45) is 2.70. The van der Waals surface area contributed by atoms with Crippen LogP contribution in [0.3, 0.4) is 0 Å². The maximum atomic E-state index is 5.23. The molecular weight excluding hydrogens is 224 g/mol. The molecule has 1 atom stereocenters. The summed E-state index contributed by atoms with van der Waals surface area (Å²) < 4.78 is 5.23. The van der Waals surface area contributed by atoms with Gasteiger partial charge in [0.05, 0.1) is 6.61 Å². The molecule has 1 unspecified atom stereocenters. The van der Waals surface area contributed by atoms with Crippen LogP contribution in [-0.2, 0) is 4.74 Å². The van der Waals surface area contributed by atoms with Gasteiger partial charge in [-0.25, -0.2) is 0 Å². The minimum absolute atomic E-state index is 0.380. The van der Waals surface area contributed by atoms with Crippen molar-refractivity contribution in [1.29, 1.82) is 0 Å². The van der Waals surface area contributed by atoms with Gasteiger partial charge in [0.25, 0.3) is 0 Å². The summed E-state index contributed by atoms with van der Waals surface area (Å²) in [5.41, 5.74) is 0.380. The molecule has 18 heavy (non-hydrogen) atoms. The number of methoxy groups -OCH3 is 1. The largest absolute Gasteiger partial charge is 0.383 e. The van der Waals surface area contributed by atoms with E-state index in [1.54, 1.807) is 7.11 Å². The lowest BCUT2D eigenvalue weighted by atomic mass is 9.74. The predicted octanol–water partition coefficient (Wildman–Crippen LogP) is 2.37. The molecule has 1 fully saturated rings. The van der Waals surface area contributed by atoms with Crippen molar-refractivity contribution < 1.29 is 4.74 Å². The highest BCUT2D eigenvalue weighted by Gasteiger charge is 2.32. The minimum atomic E-state index is 0.380. The average molecular weight is 256 g/mol. The van der Waals surface area contributed by atoms with E-state index >= 15 is 0 Å². The predicted molar refractivity (Wildman–Crippen MR) is 78.0 cm³/mol. The zero-order chi connectivity index (χ0) is 13.6. The van der Waals surface area contributed by atoms with Crippen molar-refractivity contribution in [2.24, 2.45) is 11.3 Å². The molecule has 0 bridgehead atoms. The van der Waals surface area contributed by atoms with Crippen LogP contribution in [0.15, 0.2) is 0 Å². The fraction of sp³-hybridized carbons (Fsp3) is 1.00. The van der Waals surface area contributed by atoms with Crippen molar-refractivity contribution in [2.45, 2.75) is 46.6 Å². The Labute approximate surface area is 113 Å². The second kappa shape index (κ2) is 7.46. The lowest BCUT2D eigenvalue weighted by Gasteiger charge is -2.42. The Morgan fingerprint density at radius 1 is 1.39 bits per heavy atom. The number of hydrogen-bond acceptors (Lipinski definition) is 3. The summed E-state index contributed by atoms with van der Waals surface area (Å²) in [4.78, 5) is 2.55. The number of hydrogen-bond donors (Lipinski definition) is 1. The SMILES string of the molecule is COCCN(CC(C)(C)C1CCCNC1)C(C)C. The van der Waals surface area contributed by atoms with Gasteiger partial charge in [0.15, 0.2) is 0 Å². The molecule has 108 valence electrons. The van der Waals surface area contributed by atoms with E-state index in [0.717, 1.165) is 19.1 Å². The highest BCUT2D eigenvalue weighted by Crippen LogP contribution is 2.33. The monoisotopic (exact) mass is 256 g/mol. The third-order valence-corrected chi connectivity index (χ3v) is 4.33. The number of ether oxygens (including phenoxy) is 1. The smallest absolute Gasteiger partial charge is 0.0589 e. The fourth-order valence-electron chi connectivity index (χ4n) is 2.90.